The van der Waals surface area contributed by atoms with Crippen molar-refractivity contribution in [2.75, 3.05) is 12.4 Å². The average molecular weight is 541 g/mol. The minimum absolute atomic E-state index is 0.00826. The van der Waals surface area contributed by atoms with Crippen LogP contribution in [0.1, 0.15) is 67.2 Å². The lowest BCUT2D eigenvalue weighted by atomic mass is 10.0. The number of carbonyl (C=O) groups excluding carboxylic acids is 1. The highest BCUT2D eigenvalue weighted by Crippen LogP contribution is 2.35. The molecule has 40 heavy (non-hydrogen) atoms. The second-order valence-electron chi connectivity index (χ2n) is 11.2. The third-order valence-electron chi connectivity index (χ3n) is 7.44. The van der Waals surface area contributed by atoms with Crippen molar-refractivity contribution in [2.45, 2.75) is 70.5 Å². The number of nitrogens with zero attached hydrogens (tertiary/aromatic N) is 3. The van der Waals surface area contributed by atoms with E-state index in [9.17, 15) is 9.90 Å². The summed E-state index contributed by atoms with van der Waals surface area (Å²) < 4.78 is 6.12. The van der Waals surface area contributed by atoms with Gasteiger partial charge >= 0.3 is 0 Å². The van der Waals surface area contributed by atoms with Crippen molar-refractivity contribution < 1.29 is 14.6 Å². The zero-order chi connectivity index (χ0) is 27.8. The van der Waals surface area contributed by atoms with E-state index in [0.29, 0.717) is 24.0 Å². The number of ether oxygens (including phenoxy) is 1. The molecule has 0 spiro atoms. The quantitative estimate of drug-likeness (QED) is 0.198. The number of benzene rings is 1. The molecule has 0 bridgehead atoms. The summed E-state index contributed by atoms with van der Waals surface area (Å²) in [5.41, 5.74) is 4.93. The first kappa shape index (κ1) is 26.3. The molecule has 1 amide bonds. The van der Waals surface area contributed by atoms with Gasteiger partial charge < -0.3 is 25.5 Å². The number of carbonyl (C=O) groups is 1. The molecule has 208 valence electrons. The normalized spacial score (nSPS) is 15.9. The Bertz CT molecular complexity index is 1520. The van der Waals surface area contributed by atoms with Crippen LogP contribution in [0.4, 0.5) is 5.82 Å². The standard InChI is InChI=1S/C31H36N6O3/c1-18(2)40-24-12-19(15-33-28-25(5-4-10-32-28)31(39)37(3)23-8-9-23)11-20(13-24)27-17-35-29-26(27)14-21(16-34-29)30(38)36-22-6-7-22/h4-5,10-14,16-18,22-23,31,39H,6-9,15H2,1-3H3,(H,32,33)(H,34,35)(H,36,38). The van der Waals surface area contributed by atoms with Gasteiger partial charge in [-0.05, 0) is 94.1 Å². The molecule has 2 fully saturated rings. The molecular weight excluding hydrogens is 504 g/mol. The number of anilines is 1. The van der Waals surface area contributed by atoms with Crippen LogP contribution in [0.2, 0.25) is 0 Å². The van der Waals surface area contributed by atoms with Crippen molar-refractivity contribution in [3.8, 4) is 16.9 Å². The Hall–Kier alpha value is -3.95. The third-order valence-corrected chi connectivity index (χ3v) is 7.44. The predicted molar refractivity (Wildman–Crippen MR) is 155 cm³/mol. The fourth-order valence-electron chi connectivity index (χ4n) is 4.98. The number of amides is 1. The maximum Gasteiger partial charge on any atom is 0.253 e. The summed E-state index contributed by atoms with van der Waals surface area (Å²) in [6.07, 6.45) is 8.85. The molecule has 0 saturated heterocycles. The smallest absolute Gasteiger partial charge is 0.253 e. The second-order valence-corrected chi connectivity index (χ2v) is 11.2. The first-order valence-corrected chi connectivity index (χ1v) is 14.0. The summed E-state index contributed by atoms with van der Waals surface area (Å²) in [6, 6.07) is 12.5. The highest BCUT2D eigenvalue weighted by Gasteiger charge is 2.32. The van der Waals surface area contributed by atoms with Crippen LogP contribution in [0.3, 0.4) is 0 Å². The Morgan fingerprint density at radius 3 is 2.75 bits per heavy atom. The van der Waals surface area contributed by atoms with Crippen LogP contribution in [-0.2, 0) is 6.54 Å². The van der Waals surface area contributed by atoms with Gasteiger partial charge in [0.25, 0.3) is 5.91 Å². The van der Waals surface area contributed by atoms with E-state index in [0.717, 1.165) is 64.7 Å². The maximum absolute atomic E-state index is 12.7. The van der Waals surface area contributed by atoms with Crippen LogP contribution in [0.15, 0.2) is 55.0 Å². The Labute approximate surface area is 234 Å². The fourth-order valence-corrected chi connectivity index (χ4v) is 4.98. The van der Waals surface area contributed by atoms with Gasteiger partial charge in [-0.3, -0.25) is 9.69 Å². The number of hydrogen-bond donors (Lipinski definition) is 4. The van der Waals surface area contributed by atoms with Crippen LogP contribution >= 0.6 is 0 Å². The molecule has 4 N–H and O–H groups in total. The van der Waals surface area contributed by atoms with Gasteiger partial charge in [0.2, 0.25) is 0 Å². The van der Waals surface area contributed by atoms with Gasteiger partial charge in [0, 0.05) is 53.7 Å². The summed E-state index contributed by atoms with van der Waals surface area (Å²) in [7, 11) is 1.95. The number of hydrogen-bond acceptors (Lipinski definition) is 7. The molecule has 2 aliphatic rings. The van der Waals surface area contributed by atoms with Gasteiger partial charge in [-0.1, -0.05) is 0 Å². The van der Waals surface area contributed by atoms with E-state index in [1.54, 1.807) is 12.4 Å². The molecular formula is C31H36N6O3. The molecule has 1 atom stereocenters. The summed E-state index contributed by atoms with van der Waals surface area (Å²) in [5, 5.41) is 18.3. The highest BCUT2D eigenvalue weighted by molar-refractivity contribution is 6.01. The zero-order valence-electron chi connectivity index (χ0n) is 23.1. The van der Waals surface area contributed by atoms with E-state index in [-0.39, 0.29) is 18.1 Å². The van der Waals surface area contributed by atoms with Gasteiger partial charge in [0.05, 0.1) is 11.7 Å². The van der Waals surface area contributed by atoms with Crippen LogP contribution in [0.5, 0.6) is 5.75 Å². The number of rotatable bonds is 11. The van der Waals surface area contributed by atoms with Gasteiger partial charge in [0.1, 0.15) is 23.4 Å². The molecule has 2 saturated carbocycles. The highest BCUT2D eigenvalue weighted by atomic mass is 16.5. The number of nitrogens with one attached hydrogen (secondary N) is 3. The number of H-pyrrole nitrogens is 1. The second kappa shape index (κ2) is 10.9. The molecule has 6 rings (SSSR count). The molecule has 3 heterocycles. The number of fused-ring (bicyclic) bond motifs is 1. The maximum atomic E-state index is 12.7. The number of aliphatic hydroxyl groups is 1. The van der Waals surface area contributed by atoms with Crippen molar-refractivity contribution >= 4 is 22.8 Å². The number of aliphatic hydroxyl groups excluding tert-OH is 1. The van der Waals surface area contributed by atoms with Crippen LogP contribution in [0, 0.1) is 0 Å². The Balaban J connectivity index is 1.29. The molecule has 9 nitrogen and oxygen atoms in total. The molecule has 3 aromatic heterocycles. The number of aromatic nitrogens is 3. The van der Waals surface area contributed by atoms with Gasteiger partial charge in [0.15, 0.2) is 0 Å². The van der Waals surface area contributed by atoms with E-state index in [1.165, 1.54) is 0 Å². The van der Waals surface area contributed by atoms with Crippen molar-refractivity contribution in [3.63, 3.8) is 0 Å². The van der Waals surface area contributed by atoms with Crippen molar-refractivity contribution in [1.82, 2.24) is 25.2 Å². The van der Waals surface area contributed by atoms with E-state index < -0.39 is 6.23 Å². The van der Waals surface area contributed by atoms with Crippen LogP contribution in [-0.4, -0.2) is 56.1 Å². The lowest BCUT2D eigenvalue weighted by Gasteiger charge is -2.25. The first-order chi connectivity index (χ1) is 19.4. The first-order valence-electron chi connectivity index (χ1n) is 14.0. The summed E-state index contributed by atoms with van der Waals surface area (Å²) in [4.78, 5) is 27.0. The van der Waals surface area contributed by atoms with E-state index in [4.69, 9.17) is 4.74 Å². The van der Waals surface area contributed by atoms with E-state index >= 15 is 0 Å². The summed E-state index contributed by atoms with van der Waals surface area (Å²) in [5.74, 6) is 1.32. The lowest BCUT2D eigenvalue weighted by molar-refractivity contribution is 0.0154. The van der Waals surface area contributed by atoms with Gasteiger partial charge in [-0.25, -0.2) is 9.97 Å². The van der Waals surface area contributed by atoms with Crippen molar-refractivity contribution in [3.05, 3.63) is 71.7 Å². The summed E-state index contributed by atoms with van der Waals surface area (Å²) >= 11 is 0. The minimum atomic E-state index is -0.722. The average Bonchev–Trinajstić information content (AvgIpc) is 3.89. The molecule has 2 aliphatic carbocycles. The SMILES string of the molecule is CC(C)Oc1cc(CNc2ncccc2C(O)N(C)C2CC2)cc(-c2c[nH]c3ncc(C(=O)NC4CC4)cc23)c1. The minimum Gasteiger partial charge on any atom is -0.491 e. The van der Waals surface area contributed by atoms with E-state index in [2.05, 4.69) is 31.7 Å². The van der Waals surface area contributed by atoms with Gasteiger partial charge in [-0.15, -0.1) is 0 Å². The monoisotopic (exact) mass is 540 g/mol. The number of pyridine rings is 2. The number of aromatic amines is 1. The third kappa shape index (κ3) is 5.80. The molecule has 1 unspecified atom stereocenters. The predicted octanol–water partition coefficient (Wildman–Crippen LogP) is 5.00. The summed E-state index contributed by atoms with van der Waals surface area (Å²) in [6.45, 7) is 4.49. The molecule has 4 aromatic rings. The molecule has 9 heteroatoms. The van der Waals surface area contributed by atoms with Crippen LogP contribution in [0.25, 0.3) is 22.2 Å². The topological polar surface area (TPSA) is 115 Å². The zero-order valence-corrected chi connectivity index (χ0v) is 23.1. The Kier molecular flexibility index (Phi) is 7.16. The van der Waals surface area contributed by atoms with Crippen LogP contribution < -0.4 is 15.4 Å². The molecule has 0 aliphatic heterocycles. The Morgan fingerprint density at radius 2 is 2.00 bits per heavy atom. The van der Waals surface area contributed by atoms with Crippen molar-refractivity contribution in [1.29, 1.82) is 0 Å². The van der Waals surface area contributed by atoms with Gasteiger partial charge in [-0.2, -0.15) is 0 Å². The Morgan fingerprint density at radius 1 is 1.18 bits per heavy atom. The van der Waals surface area contributed by atoms with Crippen molar-refractivity contribution in [2.24, 2.45) is 0 Å². The largest absolute Gasteiger partial charge is 0.491 e. The molecule has 0 radical (unpaired) electrons. The van der Waals surface area contributed by atoms with E-state index in [1.807, 2.05) is 62.3 Å². The molecule has 1 aromatic carbocycles. The fraction of sp³-hybridized carbons (Fsp3) is 0.387. The lowest BCUT2D eigenvalue weighted by Crippen LogP contribution is -2.27.